The van der Waals surface area contributed by atoms with E-state index in [1.165, 1.54) is 0 Å². The van der Waals surface area contributed by atoms with Crippen LogP contribution >= 0.6 is 11.3 Å². The molecule has 0 radical (unpaired) electrons. The molecule has 1 amide bonds. The number of anilines is 2. The maximum absolute atomic E-state index is 13.8. The van der Waals surface area contributed by atoms with E-state index in [1.807, 2.05) is 81.7 Å². The SMILES string of the molecule is COc1ccc(CN2CCn3cc(-c4ncnc5sccc45)c(Nc4ccccc4)c3C2=O)cc1. The van der Waals surface area contributed by atoms with Crippen LogP contribution in [0.1, 0.15) is 16.1 Å². The quantitative estimate of drug-likeness (QED) is 0.343. The molecule has 6 rings (SSSR count). The minimum atomic E-state index is -0.00707. The Morgan fingerprint density at radius 3 is 2.66 bits per heavy atom. The number of ether oxygens (including phenoxy) is 1. The molecule has 0 bridgehead atoms. The van der Waals surface area contributed by atoms with E-state index in [1.54, 1.807) is 24.8 Å². The Bertz CT molecular complexity index is 1510. The molecular formula is C27H23N5O2S. The van der Waals surface area contributed by atoms with Gasteiger partial charge >= 0.3 is 0 Å². The van der Waals surface area contributed by atoms with E-state index in [4.69, 9.17) is 4.74 Å². The summed E-state index contributed by atoms with van der Waals surface area (Å²) in [5.74, 6) is 0.795. The molecule has 5 aromatic rings. The molecule has 1 N–H and O–H groups in total. The van der Waals surface area contributed by atoms with Gasteiger partial charge in [-0.3, -0.25) is 4.79 Å². The van der Waals surface area contributed by atoms with E-state index < -0.39 is 0 Å². The second-order valence-electron chi connectivity index (χ2n) is 8.39. The van der Waals surface area contributed by atoms with Gasteiger partial charge in [0.1, 0.15) is 22.6 Å². The van der Waals surface area contributed by atoms with E-state index in [0.29, 0.717) is 25.3 Å². The lowest BCUT2D eigenvalue weighted by Crippen LogP contribution is -2.39. The molecular weight excluding hydrogens is 458 g/mol. The van der Waals surface area contributed by atoms with Gasteiger partial charge in [0.25, 0.3) is 5.91 Å². The minimum Gasteiger partial charge on any atom is -0.497 e. The lowest BCUT2D eigenvalue weighted by Gasteiger charge is -2.29. The average molecular weight is 482 g/mol. The second-order valence-corrected chi connectivity index (χ2v) is 9.28. The van der Waals surface area contributed by atoms with Crippen LogP contribution in [0.15, 0.2) is 78.6 Å². The number of para-hydroxylation sites is 1. The lowest BCUT2D eigenvalue weighted by atomic mass is 10.1. The summed E-state index contributed by atoms with van der Waals surface area (Å²) in [5.41, 5.74) is 5.11. The second kappa shape index (κ2) is 8.88. The average Bonchev–Trinajstić information content (AvgIpc) is 3.52. The molecule has 0 atom stereocenters. The number of methoxy groups -OCH3 is 1. The van der Waals surface area contributed by atoms with Crippen molar-refractivity contribution in [2.45, 2.75) is 13.1 Å². The van der Waals surface area contributed by atoms with Crippen LogP contribution in [-0.2, 0) is 13.1 Å². The molecule has 0 unspecified atom stereocenters. The van der Waals surface area contributed by atoms with E-state index in [0.717, 1.165) is 44.2 Å². The molecule has 0 saturated heterocycles. The molecule has 174 valence electrons. The van der Waals surface area contributed by atoms with E-state index in [-0.39, 0.29) is 5.91 Å². The first-order valence-electron chi connectivity index (χ1n) is 11.4. The molecule has 0 fully saturated rings. The van der Waals surface area contributed by atoms with Crippen molar-refractivity contribution in [2.24, 2.45) is 0 Å². The third-order valence-electron chi connectivity index (χ3n) is 6.27. The number of nitrogens with zero attached hydrogens (tertiary/aromatic N) is 4. The van der Waals surface area contributed by atoms with Crippen molar-refractivity contribution in [2.75, 3.05) is 19.0 Å². The Labute approximate surface area is 206 Å². The number of hydrogen-bond donors (Lipinski definition) is 1. The minimum absolute atomic E-state index is 0.00707. The predicted octanol–water partition coefficient (Wildman–Crippen LogP) is 5.57. The molecule has 0 aliphatic carbocycles. The van der Waals surface area contributed by atoms with E-state index in [2.05, 4.69) is 15.3 Å². The maximum atomic E-state index is 13.8. The molecule has 2 aromatic carbocycles. The number of benzene rings is 2. The first-order chi connectivity index (χ1) is 17.2. The van der Waals surface area contributed by atoms with Crippen molar-refractivity contribution >= 4 is 38.8 Å². The normalized spacial score (nSPS) is 13.2. The number of aromatic nitrogens is 3. The van der Waals surface area contributed by atoms with Crippen LogP contribution in [0.4, 0.5) is 11.4 Å². The fourth-order valence-corrected chi connectivity index (χ4v) is 5.25. The van der Waals surface area contributed by atoms with E-state index in [9.17, 15) is 4.79 Å². The standard InChI is InChI=1S/C27H23N5O2S/c1-34-20-9-7-18(8-10-20)15-32-13-12-31-16-22(23-21-11-14-35-26(21)29-17-28-23)24(25(31)27(32)33)30-19-5-3-2-4-6-19/h2-11,14,16-17,30H,12-13,15H2,1H3. The number of rotatable bonds is 6. The molecule has 7 nitrogen and oxygen atoms in total. The fourth-order valence-electron chi connectivity index (χ4n) is 4.52. The van der Waals surface area contributed by atoms with Crippen LogP contribution in [0.3, 0.4) is 0 Å². The number of carbonyl (C=O) groups is 1. The van der Waals surface area contributed by atoms with Crippen LogP contribution in [0.25, 0.3) is 21.5 Å². The molecule has 0 saturated carbocycles. The molecule has 8 heteroatoms. The topological polar surface area (TPSA) is 72.3 Å². The highest BCUT2D eigenvalue weighted by Crippen LogP contribution is 2.39. The number of carbonyl (C=O) groups excluding carboxylic acids is 1. The van der Waals surface area contributed by atoms with Crippen molar-refractivity contribution < 1.29 is 9.53 Å². The van der Waals surface area contributed by atoms with E-state index >= 15 is 0 Å². The number of nitrogens with one attached hydrogen (secondary N) is 1. The Morgan fingerprint density at radius 1 is 1.03 bits per heavy atom. The summed E-state index contributed by atoms with van der Waals surface area (Å²) < 4.78 is 7.32. The predicted molar refractivity (Wildman–Crippen MR) is 138 cm³/mol. The first-order valence-corrected chi connectivity index (χ1v) is 12.2. The fraction of sp³-hybridized carbons (Fsp3) is 0.148. The van der Waals surface area contributed by atoms with Crippen molar-refractivity contribution in [3.05, 3.63) is 89.8 Å². The molecule has 35 heavy (non-hydrogen) atoms. The zero-order valence-corrected chi connectivity index (χ0v) is 20.0. The summed E-state index contributed by atoms with van der Waals surface area (Å²) in [4.78, 5) is 25.7. The smallest absolute Gasteiger partial charge is 0.273 e. The molecule has 4 heterocycles. The Balaban J connectivity index is 1.43. The highest BCUT2D eigenvalue weighted by atomic mass is 32.1. The first kappa shape index (κ1) is 21.4. The van der Waals surface area contributed by atoms with Gasteiger partial charge < -0.3 is 19.5 Å². The highest BCUT2D eigenvalue weighted by molar-refractivity contribution is 7.16. The lowest BCUT2D eigenvalue weighted by molar-refractivity contribution is 0.0692. The van der Waals surface area contributed by atoms with Gasteiger partial charge in [0, 0.05) is 42.5 Å². The van der Waals surface area contributed by atoms with Gasteiger partial charge in [0.05, 0.1) is 18.5 Å². The van der Waals surface area contributed by atoms with Crippen molar-refractivity contribution in [3.8, 4) is 17.0 Å². The number of thiophene rings is 1. The summed E-state index contributed by atoms with van der Waals surface area (Å²) in [7, 11) is 1.65. The molecule has 0 spiro atoms. The van der Waals surface area contributed by atoms with Gasteiger partial charge in [0.2, 0.25) is 0 Å². The summed E-state index contributed by atoms with van der Waals surface area (Å²) in [5, 5.41) is 6.53. The zero-order valence-electron chi connectivity index (χ0n) is 19.1. The number of fused-ring (bicyclic) bond motifs is 2. The van der Waals surface area contributed by atoms with Gasteiger partial charge in [-0.15, -0.1) is 11.3 Å². The van der Waals surface area contributed by atoms with Gasteiger partial charge in [-0.2, -0.15) is 0 Å². The Kier molecular flexibility index (Phi) is 5.42. The number of hydrogen-bond acceptors (Lipinski definition) is 6. The maximum Gasteiger partial charge on any atom is 0.273 e. The molecule has 1 aliphatic heterocycles. The van der Waals surface area contributed by atoms with Gasteiger partial charge in [0.15, 0.2) is 0 Å². The van der Waals surface area contributed by atoms with Crippen LogP contribution in [0, 0.1) is 0 Å². The monoisotopic (exact) mass is 481 g/mol. The van der Waals surface area contributed by atoms with Crippen LogP contribution in [0.2, 0.25) is 0 Å². The van der Waals surface area contributed by atoms with Crippen LogP contribution < -0.4 is 10.1 Å². The van der Waals surface area contributed by atoms with Crippen LogP contribution in [-0.4, -0.2) is 39.0 Å². The van der Waals surface area contributed by atoms with Crippen LogP contribution in [0.5, 0.6) is 5.75 Å². The summed E-state index contributed by atoms with van der Waals surface area (Å²) >= 11 is 1.58. The molecule has 1 aliphatic rings. The summed E-state index contributed by atoms with van der Waals surface area (Å²) in [6.45, 7) is 1.88. The third kappa shape index (κ3) is 3.91. The highest BCUT2D eigenvalue weighted by Gasteiger charge is 2.31. The summed E-state index contributed by atoms with van der Waals surface area (Å²) in [6.07, 6.45) is 3.64. The van der Waals surface area contributed by atoms with Crippen molar-refractivity contribution in [3.63, 3.8) is 0 Å². The summed E-state index contributed by atoms with van der Waals surface area (Å²) in [6, 6.07) is 19.8. The van der Waals surface area contributed by atoms with Crippen molar-refractivity contribution in [1.29, 1.82) is 0 Å². The Hall–Kier alpha value is -4.17. The van der Waals surface area contributed by atoms with Crippen molar-refractivity contribution in [1.82, 2.24) is 19.4 Å². The zero-order chi connectivity index (χ0) is 23.8. The molecule has 3 aromatic heterocycles. The Morgan fingerprint density at radius 2 is 1.86 bits per heavy atom. The third-order valence-corrected chi connectivity index (χ3v) is 7.09. The number of amides is 1. The van der Waals surface area contributed by atoms with Gasteiger partial charge in [-0.05, 0) is 41.3 Å². The van der Waals surface area contributed by atoms with Gasteiger partial charge in [-0.1, -0.05) is 30.3 Å². The largest absolute Gasteiger partial charge is 0.497 e. The van der Waals surface area contributed by atoms with Gasteiger partial charge in [-0.25, -0.2) is 9.97 Å².